The number of carbonyl (C=O) groups excluding carboxylic acids is 1. The molecule has 3 aromatic rings. The molecule has 0 saturated heterocycles. The number of fused-ring (bicyclic) bond motifs is 1. The number of nitrogens with one attached hydrogen (secondary N) is 1. The number of ether oxygens (including phenoxy) is 1. The van der Waals surface area contributed by atoms with Gasteiger partial charge in [-0.25, -0.2) is 4.98 Å². The van der Waals surface area contributed by atoms with Gasteiger partial charge in [-0.05, 0) is 6.07 Å². The van der Waals surface area contributed by atoms with E-state index >= 15 is 0 Å². The van der Waals surface area contributed by atoms with Crippen molar-refractivity contribution >= 4 is 16.9 Å². The van der Waals surface area contributed by atoms with Crippen LogP contribution in [0.4, 0.5) is 0 Å². The van der Waals surface area contributed by atoms with Crippen LogP contribution >= 0.6 is 0 Å². The zero-order chi connectivity index (χ0) is 14.1. The number of hydrogen-bond donors (Lipinski definition) is 1. The van der Waals surface area contributed by atoms with Crippen molar-refractivity contribution in [3.05, 3.63) is 42.5 Å². The average molecular weight is 269 g/mol. The fourth-order valence-electron chi connectivity index (χ4n) is 2.35. The maximum absolute atomic E-state index is 11.3. The van der Waals surface area contributed by atoms with Crippen molar-refractivity contribution in [2.75, 3.05) is 7.11 Å². The number of aromatic amines is 1. The molecule has 2 heterocycles. The van der Waals surface area contributed by atoms with Gasteiger partial charge in [-0.1, -0.05) is 18.2 Å². The number of benzene rings is 1. The first-order chi connectivity index (χ1) is 9.69. The number of para-hydroxylation sites is 1. The summed E-state index contributed by atoms with van der Waals surface area (Å²) in [6, 6.07) is 8.18. The van der Waals surface area contributed by atoms with E-state index in [4.69, 9.17) is 0 Å². The number of H-pyrrole nitrogens is 1. The van der Waals surface area contributed by atoms with E-state index in [1.807, 2.05) is 19.2 Å². The summed E-state index contributed by atoms with van der Waals surface area (Å²) in [5, 5.41) is 1.16. The molecule has 20 heavy (non-hydrogen) atoms. The van der Waals surface area contributed by atoms with Gasteiger partial charge >= 0.3 is 5.97 Å². The minimum absolute atomic E-state index is 0.154. The van der Waals surface area contributed by atoms with Crippen LogP contribution in [0.1, 0.15) is 5.82 Å². The van der Waals surface area contributed by atoms with Gasteiger partial charge in [-0.3, -0.25) is 4.79 Å². The van der Waals surface area contributed by atoms with Crippen molar-refractivity contribution in [2.45, 2.75) is 6.42 Å². The minimum atomic E-state index is -0.302. The number of aromatic nitrogens is 3. The summed E-state index contributed by atoms with van der Waals surface area (Å²) in [7, 11) is 3.38. The number of methoxy groups -OCH3 is 1. The lowest BCUT2D eigenvalue weighted by atomic mass is 10.1. The van der Waals surface area contributed by atoms with Crippen molar-refractivity contribution in [3.63, 3.8) is 0 Å². The van der Waals surface area contributed by atoms with E-state index in [9.17, 15) is 4.79 Å². The highest BCUT2D eigenvalue weighted by molar-refractivity contribution is 5.95. The first kappa shape index (κ1) is 12.5. The topological polar surface area (TPSA) is 59.9 Å². The average Bonchev–Trinajstić information content (AvgIpc) is 3.04. The lowest BCUT2D eigenvalue weighted by Gasteiger charge is -1.96. The molecule has 5 nitrogen and oxygen atoms in total. The molecule has 0 radical (unpaired) electrons. The Hall–Kier alpha value is -2.56. The summed E-state index contributed by atoms with van der Waals surface area (Å²) in [6.45, 7) is 0. The summed E-state index contributed by atoms with van der Waals surface area (Å²) in [5.74, 6) is 0.309. The monoisotopic (exact) mass is 269 g/mol. The van der Waals surface area contributed by atoms with Gasteiger partial charge in [0.1, 0.15) is 12.2 Å². The van der Waals surface area contributed by atoms with E-state index in [1.54, 1.807) is 6.20 Å². The van der Waals surface area contributed by atoms with Crippen LogP contribution in [0, 0.1) is 0 Å². The minimum Gasteiger partial charge on any atom is -0.469 e. The Morgan fingerprint density at radius 3 is 3.00 bits per heavy atom. The van der Waals surface area contributed by atoms with Crippen molar-refractivity contribution < 1.29 is 9.53 Å². The molecule has 3 rings (SSSR count). The molecule has 0 bridgehead atoms. The number of imidazole rings is 1. The van der Waals surface area contributed by atoms with Crippen molar-refractivity contribution in [2.24, 2.45) is 7.05 Å². The molecule has 5 heteroatoms. The predicted octanol–water partition coefficient (Wildman–Crippen LogP) is 2.28. The van der Waals surface area contributed by atoms with Crippen LogP contribution in [0.25, 0.3) is 22.2 Å². The zero-order valence-corrected chi connectivity index (χ0v) is 11.4. The first-order valence-corrected chi connectivity index (χ1v) is 6.34. The van der Waals surface area contributed by atoms with Gasteiger partial charge < -0.3 is 14.3 Å². The third-order valence-electron chi connectivity index (χ3n) is 3.36. The zero-order valence-electron chi connectivity index (χ0n) is 11.4. The molecular weight excluding hydrogens is 254 g/mol. The second-order valence-corrected chi connectivity index (χ2v) is 4.67. The van der Waals surface area contributed by atoms with Crippen LogP contribution in [0.2, 0.25) is 0 Å². The molecule has 2 aromatic heterocycles. The molecule has 0 atom stereocenters. The number of nitrogens with zero attached hydrogens (tertiary/aromatic N) is 2. The summed E-state index contributed by atoms with van der Waals surface area (Å²) < 4.78 is 6.72. The van der Waals surface area contributed by atoms with Crippen molar-refractivity contribution in [1.82, 2.24) is 14.5 Å². The second-order valence-electron chi connectivity index (χ2n) is 4.67. The fraction of sp³-hybridized carbons (Fsp3) is 0.200. The van der Waals surface area contributed by atoms with Crippen LogP contribution in [0.3, 0.4) is 0 Å². The Morgan fingerprint density at radius 2 is 2.20 bits per heavy atom. The van der Waals surface area contributed by atoms with Gasteiger partial charge in [0.25, 0.3) is 0 Å². The van der Waals surface area contributed by atoms with Crippen LogP contribution in [-0.4, -0.2) is 27.6 Å². The SMILES string of the molecule is COC(=O)Cc1ncc(-c2cn(C)c3ccccc23)[nH]1. The standard InChI is InChI=1S/C15H15N3O2/c1-18-9-11(10-5-3-4-6-13(10)18)12-8-16-14(17-12)7-15(19)20-2/h3-6,8-9H,7H2,1-2H3,(H,16,17). The number of esters is 1. The summed E-state index contributed by atoms with van der Waals surface area (Å²) in [5.41, 5.74) is 3.14. The number of rotatable bonds is 3. The Bertz CT molecular complexity index is 770. The molecule has 0 amide bonds. The molecule has 102 valence electrons. The van der Waals surface area contributed by atoms with Gasteiger partial charge in [-0.2, -0.15) is 0 Å². The Balaban J connectivity index is 2.01. The van der Waals surface area contributed by atoms with E-state index in [1.165, 1.54) is 7.11 Å². The highest BCUT2D eigenvalue weighted by atomic mass is 16.5. The van der Waals surface area contributed by atoms with E-state index in [0.717, 1.165) is 22.2 Å². The largest absolute Gasteiger partial charge is 0.469 e. The fourth-order valence-corrected chi connectivity index (χ4v) is 2.35. The molecule has 0 aliphatic rings. The highest BCUT2D eigenvalue weighted by Gasteiger charge is 2.12. The molecule has 1 aromatic carbocycles. The van der Waals surface area contributed by atoms with E-state index < -0.39 is 0 Å². The van der Waals surface area contributed by atoms with Crippen LogP contribution < -0.4 is 0 Å². The lowest BCUT2D eigenvalue weighted by Crippen LogP contribution is -2.05. The third-order valence-corrected chi connectivity index (χ3v) is 3.36. The molecule has 1 N–H and O–H groups in total. The van der Waals surface area contributed by atoms with Gasteiger partial charge in [0.05, 0.1) is 19.0 Å². The van der Waals surface area contributed by atoms with Gasteiger partial charge in [-0.15, -0.1) is 0 Å². The highest BCUT2D eigenvalue weighted by Crippen LogP contribution is 2.28. The molecule has 0 aliphatic heterocycles. The van der Waals surface area contributed by atoms with E-state index in [0.29, 0.717) is 5.82 Å². The molecular formula is C15H15N3O2. The van der Waals surface area contributed by atoms with E-state index in [2.05, 4.69) is 37.6 Å². The van der Waals surface area contributed by atoms with Crippen LogP contribution in [0.15, 0.2) is 36.7 Å². The molecule has 0 unspecified atom stereocenters. The Morgan fingerprint density at radius 1 is 1.40 bits per heavy atom. The summed E-state index contributed by atoms with van der Waals surface area (Å²) >= 11 is 0. The summed E-state index contributed by atoms with van der Waals surface area (Å²) in [4.78, 5) is 18.7. The first-order valence-electron chi connectivity index (χ1n) is 6.34. The smallest absolute Gasteiger partial charge is 0.313 e. The predicted molar refractivity (Wildman–Crippen MR) is 76.2 cm³/mol. The second kappa shape index (κ2) is 4.85. The van der Waals surface area contributed by atoms with Crippen LogP contribution in [0.5, 0.6) is 0 Å². The number of carbonyl (C=O) groups is 1. The summed E-state index contributed by atoms with van der Waals surface area (Å²) in [6.07, 6.45) is 3.96. The quantitative estimate of drug-likeness (QED) is 0.742. The maximum atomic E-state index is 11.3. The Labute approximate surface area is 116 Å². The maximum Gasteiger partial charge on any atom is 0.313 e. The van der Waals surface area contributed by atoms with E-state index in [-0.39, 0.29) is 12.4 Å². The Kier molecular flexibility index (Phi) is 3.02. The molecule has 0 aliphatic carbocycles. The molecule has 0 spiro atoms. The van der Waals surface area contributed by atoms with Gasteiger partial charge in [0.15, 0.2) is 0 Å². The van der Waals surface area contributed by atoms with Gasteiger partial charge in [0.2, 0.25) is 0 Å². The number of hydrogen-bond acceptors (Lipinski definition) is 3. The number of aryl methyl sites for hydroxylation is 1. The van der Waals surface area contributed by atoms with Crippen LogP contribution in [-0.2, 0) is 23.0 Å². The van der Waals surface area contributed by atoms with Crippen molar-refractivity contribution in [1.29, 1.82) is 0 Å². The van der Waals surface area contributed by atoms with Gasteiger partial charge in [0, 0.05) is 29.7 Å². The normalized spacial score (nSPS) is 10.9. The third kappa shape index (κ3) is 2.07. The lowest BCUT2D eigenvalue weighted by molar-refractivity contribution is -0.139. The molecule has 0 saturated carbocycles. The molecule has 0 fully saturated rings. The van der Waals surface area contributed by atoms with Crippen molar-refractivity contribution in [3.8, 4) is 11.3 Å².